The van der Waals surface area contributed by atoms with Crippen LogP contribution in [0.1, 0.15) is 12.8 Å². The number of carboxylic acid groups (broad SMARTS) is 2. The molecule has 0 amide bonds. The molecular formula is C16H24NO6+. The average Bonchev–Trinajstić information content (AvgIpc) is 2.34. The molecule has 2 N–H and O–H groups in total. The van der Waals surface area contributed by atoms with E-state index >= 15 is 0 Å². The van der Waals surface area contributed by atoms with Crippen LogP contribution in [0.4, 0.5) is 0 Å². The third-order valence-electron chi connectivity index (χ3n) is 2.44. The molecule has 1 unspecified atom stereocenters. The zero-order chi connectivity index (χ0) is 17.9. The third-order valence-corrected chi connectivity index (χ3v) is 2.44. The van der Waals surface area contributed by atoms with Crippen molar-refractivity contribution in [3.8, 4) is 0 Å². The van der Waals surface area contributed by atoms with Crippen LogP contribution >= 0.6 is 0 Å². The monoisotopic (exact) mass is 326 g/mol. The van der Waals surface area contributed by atoms with Crippen LogP contribution in [-0.2, 0) is 19.1 Å². The fourth-order valence-electron chi connectivity index (χ4n) is 1.69. The lowest BCUT2D eigenvalue weighted by molar-refractivity contribution is -0.873. The van der Waals surface area contributed by atoms with Gasteiger partial charge in [-0.05, 0) is 0 Å². The molecule has 0 aliphatic rings. The summed E-state index contributed by atoms with van der Waals surface area (Å²) >= 11 is 0. The summed E-state index contributed by atoms with van der Waals surface area (Å²) in [7, 11) is 5.66. The highest BCUT2D eigenvalue weighted by atomic mass is 16.5. The smallest absolute Gasteiger partial charge is 0.328 e. The summed E-state index contributed by atoms with van der Waals surface area (Å²) in [4.78, 5) is 32.7. The van der Waals surface area contributed by atoms with Gasteiger partial charge in [0.05, 0.1) is 34.0 Å². The first kappa shape index (κ1) is 20.6. The third kappa shape index (κ3) is 14.3. The van der Waals surface area contributed by atoms with Crippen LogP contribution in [0.5, 0.6) is 0 Å². The maximum Gasteiger partial charge on any atom is 0.328 e. The van der Waals surface area contributed by atoms with Crippen LogP contribution in [0.3, 0.4) is 0 Å². The van der Waals surface area contributed by atoms with Crippen LogP contribution in [0.15, 0.2) is 36.5 Å². The Morgan fingerprint density at radius 1 is 1.04 bits per heavy atom. The Morgan fingerprint density at radius 3 is 2.17 bits per heavy atom. The van der Waals surface area contributed by atoms with Crippen molar-refractivity contribution in [2.24, 2.45) is 0 Å². The van der Waals surface area contributed by atoms with Gasteiger partial charge in [0.2, 0.25) is 0 Å². The maximum atomic E-state index is 11.7. The fraction of sp³-hybridized carbons (Fsp3) is 0.438. The molecule has 128 valence electrons. The molecule has 0 saturated heterocycles. The number of rotatable bonds is 10. The van der Waals surface area contributed by atoms with Crippen LogP contribution in [0, 0.1) is 0 Å². The second kappa shape index (κ2) is 10.3. The molecule has 1 atom stereocenters. The first-order valence-corrected chi connectivity index (χ1v) is 7.04. The number of quaternary nitrogens is 1. The summed E-state index contributed by atoms with van der Waals surface area (Å²) < 4.78 is 5.68. The minimum Gasteiger partial charge on any atom is -0.481 e. The van der Waals surface area contributed by atoms with E-state index in [1.54, 1.807) is 18.2 Å². The van der Waals surface area contributed by atoms with Crippen molar-refractivity contribution in [2.75, 3.05) is 27.7 Å². The van der Waals surface area contributed by atoms with E-state index in [1.807, 2.05) is 21.1 Å². The van der Waals surface area contributed by atoms with Crippen molar-refractivity contribution < 1.29 is 33.8 Å². The van der Waals surface area contributed by atoms with Crippen molar-refractivity contribution in [3.63, 3.8) is 0 Å². The molecule has 0 aromatic rings. The number of aliphatic carboxylic acids is 2. The lowest BCUT2D eigenvalue weighted by atomic mass is 10.2. The molecule has 0 radical (unpaired) electrons. The summed E-state index contributed by atoms with van der Waals surface area (Å²) in [5.74, 6) is -2.56. The van der Waals surface area contributed by atoms with Crippen molar-refractivity contribution in [2.45, 2.75) is 18.9 Å². The van der Waals surface area contributed by atoms with E-state index in [0.29, 0.717) is 11.0 Å². The van der Waals surface area contributed by atoms with Gasteiger partial charge >= 0.3 is 17.9 Å². The Hall–Kier alpha value is -2.41. The second-order valence-electron chi connectivity index (χ2n) is 5.90. The van der Waals surface area contributed by atoms with E-state index in [4.69, 9.17) is 14.9 Å². The summed E-state index contributed by atoms with van der Waals surface area (Å²) in [6.07, 6.45) is 7.67. The highest BCUT2D eigenvalue weighted by Gasteiger charge is 2.24. The number of hydrogen-bond acceptors (Lipinski definition) is 4. The van der Waals surface area contributed by atoms with Crippen molar-refractivity contribution >= 4 is 17.9 Å². The number of hydrogen-bond donors (Lipinski definition) is 2. The Kier molecular flexibility index (Phi) is 9.26. The number of carboxylic acids is 2. The van der Waals surface area contributed by atoms with E-state index in [-0.39, 0.29) is 12.8 Å². The maximum absolute atomic E-state index is 11.7. The molecule has 0 heterocycles. The number of esters is 1. The lowest BCUT2D eigenvalue weighted by Gasteiger charge is -2.28. The van der Waals surface area contributed by atoms with E-state index in [0.717, 1.165) is 6.08 Å². The molecule has 0 rings (SSSR count). The topological polar surface area (TPSA) is 101 Å². The van der Waals surface area contributed by atoms with Crippen LogP contribution < -0.4 is 0 Å². The number of carbonyl (C=O) groups excluding carboxylic acids is 1. The molecule has 0 aliphatic carbocycles. The Bertz CT molecular complexity index is 499. The van der Waals surface area contributed by atoms with Gasteiger partial charge in [-0.2, -0.15) is 0 Å². The SMILES string of the molecule is C[N+](C)(C)CC(CC(=O)O)OC(=O)C/C=C/C=C/C=C/C(=O)O. The molecule has 23 heavy (non-hydrogen) atoms. The van der Waals surface area contributed by atoms with E-state index in [9.17, 15) is 14.4 Å². The van der Waals surface area contributed by atoms with Gasteiger partial charge in [0.1, 0.15) is 6.54 Å². The van der Waals surface area contributed by atoms with E-state index < -0.39 is 24.0 Å². The first-order valence-electron chi connectivity index (χ1n) is 7.04. The highest BCUT2D eigenvalue weighted by Crippen LogP contribution is 2.06. The van der Waals surface area contributed by atoms with Gasteiger partial charge in [0.25, 0.3) is 0 Å². The standard InChI is InChI=1S/C16H23NO6/c1-17(2,3)12-13(11-15(20)21)23-16(22)10-8-6-4-5-7-9-14(18)19/h4-9,13H,10-12H2,1-3H3,(H-,18,19,20,21)/p+1/b5-4+,8-6+,9-7+. The summed E-state index contributed by atoms with van der Waals surface area (Å²) in [5.41, 5.74) is 0. The quantitative estimate of drug-likeness (QED) is 0.271. The molecule has 7 nitrogen and oxygen atoms in total. The second-order valence-corrected chi connectivity index (χ2v) is 5.90. The van der Waals surface area contributed by atoms with E-state index in [1.165, 1.54) is 12.2 Å². The molecule has 0 aromatic carbocycles. The van der Waals surface area contributed by atoms with Gasteiger partial charge < -0.3 is 19.4 Å². The normalized spacial score (nSPS) is 13.7. The first-order chi connectivity index (χ1) is 10.6. The predicted octanol–water partition coefficient (Wildman–Crippen LogP) is 1.22. The van der Waals surface area contributed by atoms with E-state index in [2.05, 4.69) is 0 Å². The zero-order valence-electron chi connectivity index (χ0n) is 13.6. The number of allylic oxidation sites excluding steroid dienone is 4. The number of ether oxygens (including phenoxy) is 1. The number of carbonyl (C=O) groups is 3. The van der Waals surface area contributed by atoms with Gasteiger partial charge in [-0.25, -0.2) is 4.79 Å². The summed E-state index contributed by atoms with van der Waals surface area (Å²) in [6, 6.07) is 0. The minimum atomic E-state index is -1.04. The van der Waals surface area contributed by atoms with Crippen molar-refractivity contribution in [1.29, 1.82) is 0 Å². The van der Waals surface area contributed by atoms with Gasteiger partial charge in [0.15, 0.2) is 6.10 Å². The van der Waals surface area contributed by atoms with Gasteiger partial charge in [-0.3, -0.25) is 9.59 Å². The number of likely N-dealkylation sites (N-methyl/N-ethyl adjacent to an activating group) is 1. The highest BCUT2D eigenvalue weighted by molar-refractivity contribution is 5.80. The molecule has 0 aromatic heterocycles. The predicted molar refractivity (Wildman–Crippen MR) is 84.7 cm³/mol. The van der Waals surface area contributed by atoms with Crippen LogP contribution in [-0.4, -0.2) is 66.4 Å². The Labute approximate surface area is 135 Å². The van der Waals surface area contributed by atoms with Crippen molar-refractivity contribution in [1.82, 2.24) is 0 Å². The molecule has 0 bridgehead atoms. The molecular weight excluding hydrogens is 302 g/mol. The van der Waals surface area contributed by atoms with Crippen LogP contribution in [0.2, 0.25) is 0 Å². The van der Waals surface area contributed by atoms with Gasteiger partial charge in [-0.15, -0.1) is 0 Å². The van der Waals surface area contributed by atoms with Gasteiger partial charge in [0, 0.05) is 6.08 Å². The largest absolute Gasteiger partial charge is 0.481 e. The van der Waals surface area contributed by atoms with Crippen molar-refractivity contribution in [3.05, 3.63) is 36.5 Å². The molecule has 0 spiro atoms. The Morgan fingerprint density at radius 2 is 1.65 bits per heavy atom. The summed E-state index contributed by atoms with van der Waals surface area (Å²) in [6.45, 7) is 0.404. The zero-order valence-corrected chi connectivity index (χ0v) is 13.6. The van der Waals surface area contributed by atoms with Crippen LogP contribution in [0.25, 0.3) is 0 Å². The molecule has 0 fully saturated rings. The fourth-order valence-corrected chi connectivity index (χ4v) is 1.69. The molecule has 0 saturated carbocycles. The average molecular weight is 326 g/mol. The Balaban J connectivity index is 4.36. The molecule has 7 heteroatoms. The molecule has 0 aliphatic heterocycles. The summed E-state index contributed by atoms with van der Waals surface area (Å²) in [5, 5.41) is 17.2. The van der Waals surface area contributed by atoms with Gasteiger partial charge in [-0.1, -0.05) is 30.4 Å². The number of nitrogens with zero attached hydrogens (tertiary/aromatic N) is 1. The lowest BCUT2D eigenvalue weighted by Crippen LogP contribution is -2.43. The minimum absolute atomic E-state index is 0.0141.